The van der Waals surface area contributed by atoms with Crippen LogP contribution in [0.15, 0.2) is 91.5 Å². The van der Waals surface area contributed by atoms with Crippen LogP contribution in [0.25, 0.3) is 0 Å². The van der Waals surface area contributed by atoms with Crippen LogP contribution in [0.5, 0.6) is 0 Å². The van der Waals surface area contributed by atoms with E-state index >= 15 is 0 Å². The molecule has 1 atom stereocenters. The first-order valence-corrected chi connectivity index (χ1v) is 13.6. The molecule has 1 unspecified atom stereocenters. The second-order valence-electron chi connectivity index (χ2n) is 10.0. The van der Waals surface area contributed by atoms with Gasteiger partial charge in [0.15, 0.2) is 0 Å². The van der Waals surface area contributed by atoms with Crippen LogP contribution in [0.4, 0.5) is 5.69 Å². The van der Waals surface area contributed by atoms with Crippen molar-refractivity contribution < 1.29 is 4.74 Å². The Hall–Kier alpha value is -3.12. The zero-order valence-corrected chi connectivity index (χ0v) is 21.9. The molecule has 6 heteroatoms. The Balaban J connectivity index is 1.46. The highest BCUT2D eigenvalue weighted by Crippen LogP contribution is 2.42. The van der Waals surface area contributed by atoms with Gasteiger partial charge >= 0.3 is 0 Å². The Morgan fingerprint density at radius 1 is 0.757 bits per heavy atom. The quantitative estimate of drug-likeness (QED) is 0.293. The fourth-order valence-electron chi connectivity index (χ4n) is 5.88. The highest BCUT2D eigenvalue weighted by molar-refractivity contribution is 6.30. The van der Waals surface area contributed by atoms with E-state index in [2.05, 4.69) is 86.2 Å². The van der Waals surface area contributed by atoms with Crippen molar-refractivity contribution in [3.8, 4) is 0 Å². The summed E-state index contributed by atoms with van der Waals surface area (Å²) in [4.78, 5) is 9.40. The van der Waals surface area contributed by atoms with E-state index in [1.54, 1.807) is 0 Å². The van der Waals surface area contributed by atoms with Crippen molar-refractivity contribution >= 4 is 17.3 Å². The minimum absolute atomic E-state index is 0.587. The van der Waals surface area contributed by atoms with Crippen molar-refractivity contribution in [3.05, 3.63) is 119 Å². The van der Waals surface area contributed by atoms with E-state index in [0.29, 0.717) is 0 Å². The molecule has 4 aromatic rings. The molecule has 0 saturated carbocycles. The number of morpholine rings is 1. The standard InChI is InChI=1S/C31H33ClN4O/c32-29-11-7-27(8-12-29)31(36-18-15-33-24-36,26-5-3-25(4-6-26)23-34-16-1-2-17-34)28-9-13-30(14-10-28)35-19-21-37-22-20-35/h3-15,18,24H,1-2,16-17,19-23H2. The molecule has 0 amide bonds. The third-order valence-electron chi connectivity index (χ3n) is 7.79. The summed E-state index contributed by atoms with van der Waals surface area (Å²) in [6, 6.07) is 26.4. The second-order valence-corrected chi connectivity index (χ2v) is 10.5. The first-order valence-electron chi connectivity index (χ1n) is 13.2. The Bertz CT molecular complexity index is 1280. The first-order chi connectivity index (χ1) is 18.2. The van der Waals surface area contributed by atoms with Gasteiger partial charge in [-0.3, -0.25) is 4.90 Å². The van der Waals surface area contributed by atoms with Crippen LogP contribution in [0.2, 0.25) is 5.02 Å². The van der Waals surface area contributed by atoms with Crippen LogP contribution in [-0.2, 0) is 16.8 Å². The minimum atomic E-state index is -0.587. The molecule has 0 bridgehead atoms. The van der Waals surface area contributed by atoms with Gasteiger partial charge in [-0.1, -0.05) is 60.1 Å². The van der Waals surface area contributed by atoms with Gasteiger partial charge in [-0.2, -0.15) is 0 Å². The largest absolute Gasteiger partial charge is 0.378 e. The molecule has 2 fully saturated rings. The van der Waals surface area contributed by atoms with Gasteiger partial charge in [-0.05, 0) is 72.5 Å². The number of benzene rings is 3. The number of nitrogens with zero attached hydrogens (tertiary/aromatic N) is 4. The first kappa shape index (κ1) is 24.2. The van der Waals surface area contributed by atoms with E-state index in [1.807, 2.05) is 24.7 Å². The van der Waals surface area contributed by atoms with Crippen LogP contribution in [0.3, 0.4) is 0 Å². The maximum absolute atomic E-state index is 6.35. The lowest BCUT2D eigenvalue weighted by Gasteiger charge is -2.38. The number of halogens is 1. The molecule has 6 rings (SSSR count). The molecule has 0 radical (unpaired) electrons. The predicted molar refractivity (Wildman–Crippen MR) is 149 cm³/mol. The highest BCUT2D eigenvalue weighted by Gasteiger charge is 2.38. The summed E-state index contributed by atoms with van der Waals surface area (Å²) >= 11 is 6.35. The van der Waals surface area contributed by atoms with Gasteiger partial charge in [0.05, 0.1) is 19.5 Å². The van der Waals surface area contributed by atoms with E-state index in [0.717, 1.165) is 43.4 Å². The number of hydrogen-bond donors (Lipinski definition) is 0. The summed E-state index contributed by atoms with van der Waals surface area (Å²) in [7, 11) is 0. The molecule has 0 N–H and O–H groups in total. The summed E-state index contributed by atoms with van der Waals surface area (Å²) in [5.74, 6) is 0. The second kappa shape index (κ2) is 10.7. The number of ether oxygens (including phenoxy) is 1. The summed E-state index contributed by atoms with van der Waals surface area (Å²) in [6.45, 7) is 6.78. The number of rotatable bonds is 7. The molecule has 2 aliphatic rings. The highest BCUT2D eigenvalue weighted by atomic mass is 35.5. The van der Waals surface area contributed by atoms with Crippen LogP contribution < -0.4 is 4.90 Å². The van der Waals surface area contributed by atoms with Crippen LogP contribution in [-0.4, -0.2) is 53.8 Å². The predicted octanol–water partition coefficient (Wildman–Crippen LogP) is 5.81. The lowest BCUT2D eigenvalue weighted by molar-refractivity contribution is 0.122. The summed E-state index contributed by atoms with van der Waals surface area (Å²) < 4.78 is 7.78. The molecule has 0 aliphatic carbocycles. The van der Waals surface area contributed by atoms with Gasteiger partial charge in [-0.15, -0.1) is 0 Å². The number of anilines is 1. The molecular formula is C31H33ClN4O. The SMILES string of the molecule is Clc1ccc(C(c2ccc(CN3CCCC3)cc2)(c2ccc(N3CCOCC3)cc2)n2ccnc2)cc1. The van der Waals surface area contributed by atoms with Crippen molar-refractivity contribution in [2.75, 3.05) is 44.3 Å². The Labute approximate surface area is 224 Å². The van der Waals surface area contributed by atoms with E-state index in [9.17, 15) is 0 Å². The third kappa shape index (κ3) is 4.79. The molecule has 5 nitrogen and oxygen atoms in total. The fraction of sp³-hybridized carbons (Fsp3) is 0.323. The van der Waals surface area contributed by atoms with Gasteiger partial charge in [-0.25, -0.2) is 4.98 Å². The zero-order valence-electron chi connectivity index (χ0n) is 21.1. The van der Waals surface area contributed by atoms with E-state index in [1.165, 1.54) is 48.3 Å². The Kier molecular flexibility index (Phi) is 7.01. The topological polar surface area (TPSA) is 33.5 Å². The van der Waals surface area contributed by atoms with Gasteiger partial charge in [0.1, 0.15) is 5.54 Å². The molecule has 1 aromatic heterocycles. The van der Waals surface area contributed by atoms with Crippen LogP contribution in [0, 0.1) is 0 Å². The molecule has 2 aliphatic heterocycles. The molecule has 0 spiro atoms. The molecule has 3 aromatic carbocycles. The molecule has 190 valence electrons. The Morgan fingerprint density at radius 3 is 1.95 bits per heavy atom. The smallest absolute Gasteiger partial charge is 0.121 e. The van der Waals surface area contributed by atoms with Gasteiger partial charge in [0.25, 0.3) is 0 Å². The van der Waals surface area contributed by atoms with E-state index in [4.69, 9.17) is 16.3 Å². The van der Waals surface area contributed by atoms with Gasteiger partial charge in [0, 0.05) is 42.7 Å². The zero-order chi connectivity index (χ0) is 25.1. The van der Waals surface area contributed by atoms with Crippen molar-refractivity contribution in [3.63, 3.8) is 0 Å². The number of likely N-dealkylation sites (tertiary alicyclic amines) is 1. The van der Waals surface area contributed by atoms with E-state index < -0.39 is 5.54 Å². The lowest BCUT2D eigenvalue weighted by atomic mass is 9.76. The normalized spacial score (nSPS) is 18.1. The number of imidazole rings is 1. The van der Waals surface area contributed by atoms with Gasteiger partial charge in [0.2, 0.25) is 0 Å². The Morgan fingerprint density at radius 2 is 1.35 bits per heavy atom. The van der Waals surface area contributed by atoms with Gasteiger partial charge < -0.3 is 14.2 Å². The van der Waals surface area contributed by atoms with Crippen molar-refractivity contribution in [2.45, 2.75) is 24.9 Å². The summed E-state index contributed by atoms with van der Waals surface area (Å²) in [5.41, 5.74) is 5.50. The average molecular weight is 513 g/mol. The van der Waals surface area contributed by atoms with Crippen LogP contribution in [0.1, 0.15) is 35.1 Å². The number of aromatic nitrogens is 2. The maximum Gasteiger partial charge on any atom is 0.121 e. The lowest BCUT2D eigenvalue weighted by Crippen LogP contribution is -2.38. The third-order valence-corrected chi connectivity index (χ3v) is 8.04. The van der Waals surface area contributed by atoms with Crippen molar-refractivity contribution in [1.29, 1.82) is 0 Å². The average Bonchev–Trinajstić information content (AvgIpc) is 3.67. The van der Waals surface area contributed by atoms with E-state index in [-0.39, 0.29) is 0 Å². The maximum atomic E-state index is 6.35. The minimum Gasteiger partial charge on any atom is -0.378 e. The van der Waals surface area contributed by atoms with Crippen LogP contribution >= 0.6 is 11.6 Å². The fourth-order valence-corrected chi connectivity index (χ4v) is 6.01. The summed E-state index contributed by atoms with van der Waals surface area (Å²) in [5, 5.41) is 0.729. The molecule has 2 saturated heterocycles. The van der Waals surface area contributed by atoms with Crippen molar-refractivity contribution in [1.82, 2.24) is 14.5 Å². The molecule has 37 heavy (non-hydrogen) atoms. The van der Waals surface area contributed by atoms with Crippen molar-refractivity contribution in [2.24, 2.45) is 0 Å². The molecule has 3 heterocycles. The number of hydrogen-bond acceptors (Lipinski definition) is 4. The molecular weight excluding hydrogens is 480 g/mol. The monoisotopic (exact) mass is 512 g/mol. The summed E-state index contributed by atoms with van der Waals surface area (Å²) in [6.07, 6.45) is 8.44.